The molecule has 0 amide bonds. The van der Waals surface area contributed by atoms with Crippen LogP contribution in [0.15, 0.2) is 17.5 Å². The molecular weight excluding hydrogens is 228 g/mol. The molecule has 2 nitrogen and oxygen atoms in total. The lowest BCUT2D eigenvalue weighted by atomic mass is 10.3. The van der Waals surface area contributed by atoms with Crippen molar-refractivity contribution in [2.24, 2.45) is 0 Å². The Labute approximate surface area is 96.5 Å². The minimum absolute atomic E-state index is 0.0806. The molecule has 15 heavy (non-hydrogen) atoms. The first-order valence-electron chi connectivity index (χ1n) is 4.78. The molecule has 0 spiro atoms. The van der Waals surface area contributed by atoms with Crippen molar-refractivity contribution in [3.63, 3.8) is 0 Å². The Hall–Kier alpha value is -0.710. The highest BCUT2D eigenvalue weighted by Crippen LogP contribution is 2.30. The molecule has 2 rings (SSSR count). The van der Waals surface area contributed by atoms with Crippen molar-refractivity contribution in [3.8, 4) is 0 Å². The number of hydrogen-bond donors (Lipinski definition) is 0. The molecule has 0 aromatic carbocycles. The smallest absolute Gasteiger partial charge is 0.198 e. The van der Waals surface area contributed by atoms with E-state index >= 15 is 0 Å². The Kier molecular flexibility index (Phi) is 3.19. The molecular formula is C11H12O2S2. The Morgan fingerprint density at radius 1 is 1.47 bits per heavy atom. The van der Waals surface area contributed by atoms with Crippen molar-refractivity contribution in [3.05, 3.63) is 22.4 Å². The highest BCUT2D eigenvalue weighted by molar-refractivity contribution is 7.27. The van der Waals surface area contributed by atoms with Crippen LogP contribution in [0, 0.1) is 0 Å². The molecule has 2 aromatic rings. The van der Waals surface area contributed by atoms with Crippen LogP contribution in [0.3, 0.4) is 0 Å². The van der Waals surface area contributed by atoms with E-state index in [0.717, 1.165) is 4.88 Å². The van der Waals surface area contributed by atoms with E-state index in [-0.39, 0.29) is 18.5 Å². The van der Waals surface area contributed by atoms with Gasteiger partial charge < -0.3 is 4.74 Å². The molecule has 0 fully saturated rings. The van der Waals surface area contributed by atoms with Crippen LogP contribution < -0.4 is 0 Å². The van der Waals surface area contributed by atoms with E-state index in [1.165, 1.54) is 9.40 Å². The first-order valence-corrected chi connectivity index (χ1v) is 6.48. The molecule has 0 saturated carbocycles. The van der Waals surface area contributed by atoms with Crippen LogP contribution in [-0.2, 0) is 4.74 Å². The summed E-state index contributed by atoms with van der Waals surface area (Å²) in [6.07, 6.45) is 0.107. The number of hydrogen-bond acceptors (Lipinski definition) is 4. The van der Waals surface area contributed by atoms with Gasteiger partial charge >= 0.3 is 0 Å². The SMILES string of the molecule is CC(C)OCC(=O)c1cc2sccc2s1. The topological polar surface area (TPSA) is 26.3 Å². The van der Waals surface area contributed by atoms with Crippen molar-refractivity contribution >= 4 is 37.9 Å². The van der Waals surface area contributed by atoms with Gasteiger partial charge in [-0.15, -0.1) is 22.7 Å². The van der Waals surface area contributed by atoms with Gasteiger partial charge in [-0.05, 0) is 31.4 Å². The summed E-state index contributed by atoms with van der Waals surface area (Å²) in [5, 5.41) is 2.04. The number of Topliss-reactive ketones (excluding diaryl/α,β-unsaturated/α-hetero) is 1. The third-order valence-corrected chi connectivity index (χ3v) is 4.10. The van der Waals surface area contributed by atoms with Crippen LogP contribution in [0.2, 0.25) is 0 Å². The van der Waals surface area contributed by atoms with Gasteiger partial charge in [-0.3, -0.25) is 4.79 Å². The molecule has 4 heteroatoms. The van der Waals surface area contributed by atoms with Gasteiger partial charge in [0, 0.05) is 9.40 Å². The number of carbonyl (C=O) groups is 1. The molecule has 0 saturated heterocycles. The Morgan fingerprint density at radius 2 is 2.27 bits per heavy atom. The number of ether oxygens (including phenoxy) is 1. The van der Waals surface area contributed by atoms with Gasteiger partial charge in [0.25, 0.3) is 0 Å². The lowest BCUT2D eigenvalue weighted by molar-refractivity contribution is 0.0588. The molecule has 2 aromatic heterocycles. The Morgan fingerprint density at radius 3 is 2.93 bits per heavy atom. The second-order valence-electron chi connectivity index (χ2n) is 3.54. The molecule has 0 bridgehead atoms. The van der Waals surface area contributed by atoms with E-state index in [1.807, 2.05) is 31.4 Å². The van der Waals surface area contributed by atoms with E-state index in [9.17, 15) is 4.79 Å². The third-order valence-electron chi connectivity index (χ3n) is 1.96. The molecule has 2 heterocycles. The molecule has 0 aliphatic rings. The van der Waals surface area contributed by atoms with Gasteiger partial charge in [0.1, 0.15) is 6.61 Å². The monoisotopic (exact) mass is 240 g/mol. The fourth-order valence-corrected chi connectivity index (χ4v) is 3.25. The first kappa shape index (κ1) is 10.8. The van der Waals surface area contributed by atoms with Crippen LogP contribution in [0.5, 0.6) is 0 Å². The second kappa shape index (κ2) is 4.43. The first-order chi connectivity index (χ1) is 7.16. The highest BCUT2D eigenvalue weighted by Gasteiger charge is 2.11. The summed E-state index contributed by atoms with van der Waals surface area (Å²) in [6.45, 7) is 4.05. The van der Waals surface area contributed by atoms with Crippen LogP contribution in [0.1, 0.15) is 23.5 Å². The summed E-state index contributed by atoms with van der Waals surface area (Å²) in [5.74, 6) is 0.0806. The fourth-order valence-electron chi connectivity index (χ4n) is 1.22. The quantitative estimate of drug-likeness (QED) is 0.764. The third kappa shape index (κ3) is 2.45. The zero-order chi connectivity index (χ0) is 10.8. The van der Waals surface area contributed by atoms with E-state index in [0.29, 0.717) is 0 Å². The average molecular weight is 240 g/mol. The van der Waals surface area contributed by atoms with Crippen molar-refractivity contribution < 1.29 is 9.53 Å². The summed E-state index contributed by atoms with van der Waals surface area (Å²) >= 11 is 3.21. The van der Waals surface area contributed by atoms with Gasteiger partial charge in [0.05, 0.1) is 11.0 Å². The minimum Gasteiger partial charge on any atom is -0.371 e. The van der Waals surface area contributed by atoms with Gasteiger partial charge in [0.15, 0.2) is 5.78 Å². The number of ketones is 1. The molecule has 0 aliphatic carbocycles. The fraction of sp³-hybridized carbons (Fsp3) is 0.364. The summed E-state index contributed by atoms with van der Waals surface area (Å²) in [6, 6.07) is 4.00. The van der Waals surface area contributed by atoms with Crippen molar-refractivity contribution in [1.82, 2.24) is 0 Å². The van der Waals surface area contributed by atoms with Crippen LogP contribution in [-0.4, -0.2) is 18.5 Å². The van der Waals surface area contributed by atoms with Gasteiger partial charge in [-0.1, -0.05) is 0 Å². The predicted molar refractivity (Wildman–Crippen MR) is 65.1 cm³/mol. The Bertz CT molecular complexity index is 439. The normalized spacial score (nSPS) is 11.4. The Balaban J connectivity index is 2.10. The van der Waals surface area contributed by atoms with Gasteiger partial charge in [-0.25, -0.2) is 0 Å². The van der Waals surface area contributed by atoms with Crippen LogP contribution in [0.25, 0.3) is 9.40 Å². The molecule has 0 N–H and O–H groups in total. The maximum atomic E-state index is 11.7. The number of carbonyl (C=O) groups excluding carboxylic acids is 1. The number of thiophene rings is 2. The zero-order valence-corrected chi connectivity index (χ0v) is 10.3. The summed E-state index contributed by atoms with van der Waals surface area (Å²) in [4.78, 5) is 12.5. The lowest BCUT2D eigenvalue weighted by Gasteiger charge is -2.04. The maximum absolute atomic E-state index is 11.7. The van der Waals surface area contributed by atoms with Crippen LogP contribution >= 0.6 is 22.7 Å². The minimum atomic E-state index is 0.0806. The standard InChI is InChI=1S/C11H12O2S2/c1-7(2)13-6-8(12)10-5-11-9(15-10)3-4-14-11/h3-5,7H,6H2,1-2H3. The summed E-state index contributed by atoms with van der Waals surface area (Å²) in [5.41, 5.74) is 0. The van der Waals surface area contributed by atoms with Crippen LogP contribution in [0.4, 0.5) is 0 Å². The molecule has 80 valence electrons. The zero-order valence-electron chi connectivity index (χ0n) is 8.65. The van der Waals surface area contributed by atoms with E-state index in [4.69, 9.17) is 4.74 Å². The molecule has 0 radical (unpaired) electrons. The van der Waals surface area contributed by atoms with E-state index in [2.05, 4.69) is 0 Å². The predicted octanol–water partition coefficient (Wildman–Crippen LogP) is 3.57. The number of rotatable bonds is 4. The van der Waals surface area contributed by atoms with Crippen molar-refractivity contribution in [2.45, 2.75) is 20.0 Å². The maximum Gasteiger partial charge on any atom is 0.198 e. The highest BCUT2D eigenvalue weighted by atomic mass is 32.1. The largest absolute Gasteiger partial charge is 0.371 e. The molecule has 0 unspecified atom stereocenters. The van der Waals surface area contributed by atoms with Crippen molar-refractivity contribution in [2.75, 3.05) is 6.61 Å². The van der Waals surface area contributed by atoms with Crippen molar-refractivity contribution in [1.29, 1.82) is 0 Å². The van der Waals surface area contributed by atoms with Gasteiger partial charge in [-0.2, -0.15) is 0 Å². The number of fused-ring (bicyclic) bond motifs is 1. The second-order valence-corrected chi connectivity index (χ2v) is 5.57. The average Bonchev–Trinajstić information content (AvgIpc) is 2.72. The summed E-state index contributed by atoms with van der Waals surface area (Å²) < 4.78 is 7.67. The molecule has 0 atom stereocenters. The van der Waals surface area contributed by atoms with Gasteiger partial charge in [0.2, 0.25) is 0 Å². The van der Waals surface area contributed by atoms with E-state index in [1.54, 1.807) is 22.7 Å². The lowest BCUT2D eigenvalue weighted by Crippen LogP contribution is -2.12. The van der Waals surface area contributed by atoms with E-state index < -0.39 is 0 Å². The summed E-state index contributed by atoms with van der Waals surface area (Å²) in [7, 11) is 0. The molecule has 0 aliphatic heterocycles.